The summed E-state index contributed by atoms with van der Waals surface area (Å²) in [6.45, 7) is 1.80. The molecule has 0 radical (unpaired) electrons. The van der Waals surface area contributed by atoms with Crippen molar-refractivity contribution in [3.8, 4) is 0 Å². The van der Waals surface area contributed by atoms with Crippen LogP contribution in [-0.4, -0.2) is 26.0 Å². The fourth-order valence-corrected chi connectivity index (χ4v) is 1.85. The second kappa shape index (κ2) is 3.91. The van der Waals surface area contributed by atoms with Crippen LogP contribution in [0.3, 0.4) is 0 Å². The molecule has 1 saturated carbocycles. The van der Waals surface area contributed by atoms with Gasteiger partial charge in [-0.3, -0.25) is 14.5 Å². The van der Waals surface area contributed by atoms with Crippen LogP contribution in [0.5, 0.6) is 0 Å². The number of esters is 1. The van der Waals surface area contributed by atoms with Gasteiger partial charge >= 0.3 is 5.97 Å². The van der Waals surface area contributed by atoms with Crippen LogP contribution < -0.4 is 4.90 Å². The monoisotopic (exact) mass is 237 g/mol. The number of hydrogen-bond acceptors (Lipinski definition) is 4. The Labute approximate surface area is 99.3 Å². The SMILES string of the molecule is COC(=O)C1(C(=O)N(C)c2ccc(C)o2)CC1. The summed E-state index contributed by atoms with van der Waals surface area (Å²) in [5.74, 6) is 0.446. The van der Waals surface area contributed by atoms with Crippen LogP contribution >= 0.6 is 0 Å². The maximum absolute atomic E-state index is 12.2. The highest BCUT2D eigenvalue weighted by Gasteiger charge is 2.59. The molecule has 1 aromatic rings. The van der Waals surface area contributed by atoms with Gasteiger partial charge < -0.3 is 9.15 Å². The van der Waals surface area contributed by atoms with Crippen LogP contribution in [0.25, 0.3) is 0 Å². The van der Waals surface area contributed by atoms with Crippen LogP contribution in [0.15, 0.2) is 16.5 Å². The molecule has 0 saturated heterocycles. The van der Waals surface area contributed by atoms with Crippen LogP contribution in [-0.2, 0) is 14.3 Å². The van der Waals surface area contributed by atoms with Gasteiger partial charge in [0.05, 0.1) is 7.11 Å². The number of ether oxygens (including phenoxy) is 1. The highest BCUT2D eigenvalue weighted by atomic mass is 16.5. The molecule has 0 N–H and O–H groups in total. The lowest BCUT2D eigenvalue weighted by Crippen LogP contribution is -2.39. The molecule has 0 spiro atoms. The number of amides is 1. The zero-order chi connectivity index (χ0) is 12.6. The number of furan rings is 1. The zero-order valence-corrected chi connectivity index (χ0v) is 10.1. The van der Waals surface area contributed by atoms with Crippen LogP contribution in [0.4, 0.5) is 5.88 Å². The van der Waals surface area contributed by atoms with E-state index in [1.807, 2.05) is 0 Å². The normalized spacial score (nSPS) is 16.4. The van der Waals surface area contributed by atoms with Crippen LogP contribution in [0.1, 0.15) is 18.6 Å². The van der Waals surface area contributed by atoms with Gasteiger partial charge in [-0.1, -0.05) is 0 Å². The number of rotatable bonds is 3. The molecule has 5 heteroatoms. The average Bonchev–Trinajstić information content (AvgIpc) is 3.03. The molecule has 1 heterocycles. The minimum atomic E-state index is -0.982. The van der Waals surface area contributed by atoms with Crippen molar-refractivity contribution < 1.29 is 18.7 Å². The Morgan fingerprint density at radius 2 is 2.06 bits per heavy atom. The van der Waals surface area contributed by atoms with E-state index in [0.717, 1.165) is 5.76 Å². The molecule has 0 atom stereocenters. The van der Waals surface area contributed by atoms with Crippen LogP contribution in [0, 0.1) is 12.3 Å². The minimum Gasteiger partial charge on any atom is -0.468 e. The van der Waals surface area contributed by atoms with E-state index in [9.17, 15) is 9.59 Å². The largest absolute Gasteiger partial charge is 0.468 e. The van der Waals surface area contributed by atoms with Gasteiger partial charge in [0.2, 0.25) is 11.8 Å². The number of carbonyl (C=O) groups excluding carboxylic acids is 2. The number of aryl methyl sites for hydroxylation is 1. The van der Waals surface area contributed by atoms with E-state index in [0.29, 0.717) is 18.7 Å². The van der Waals surface area contributed by atoms with Gasteiger partial charge in [-0.05, 0) is 25.8 Å². The predicted molar refractivity (Wildman–Crippen MR) is 60.5 cm³/mol. The van der Waals surface area contributed by atoms with Gasteiger partial charge in [0.1, 0.15) is 11.2 Å². The highest BCUT2D eigenvalue weighted by Crippen LogP contribution is 2.48. The van der Waals surface area contributed by atoms with E-state index in [-0.39, 0.29) is 5.91 Å². The summed E-state index contributed by atoms with van der Waals surface area (Å²) in [5.41, 5.74) is -0.982. The molecule has 2 rings (SSSR count). The number of hydrogen-bond donors (Lipinski definition) is 0. The molecule has 1 aliphatic carbocycles. The quantitative estimate of drug-likeness (QED) is 0.590. The Hall–Kier alpha value is -1.78. The first-order valence-corrected chi connectivity index (χ1v) is 5.44. The molecule has 5 nitrogen and oxygen atoms in total. The molecule has 0 aliphatic heterocycles. The number of carbonyl (C=O) groups is 2. The number of methoxy groups -OCH3 is 1. The van der Waals surface area contributed by atoms with E-state index in [1.165, 1.54) is 12.0 Å². The van der Waals surface area contributed by atoms with Gasteiger partial charge in [0.25, 0.3) is 0 Å². The first-order valence-electron chi connectivity index (χ1n) is 5.44. The van der Waals surface area contributed by atoms with Crippen molar-refractivity contribution in [3.05, 3.63) is 17.9 Å². The molecule has 1 fully saturated rings. The van der Waals surface area contributed by atoms with Crippen molar-refractivity contribution in [2.45, 2.75) is 19.8 Å². The third kappa shape index (κ3) is 1.81. The summed E-state index contributed by atoms with van der Waals surface area (Å²) in [6, 6.07) is 3.48. The van der Waals surface area contributed by atoms with E-state index in [2.05, 4.69) is 4.74 Å². The fourth-order valence-electron chi connectivity index (χ4n) is 1.85. The van der Waals surface area contributed by atoms with Crippen molar-refractivity contribution in [2.75, 3.05) is 19.1 Å². The molecular weight excluding hydrogens is 222 g/mol. The Morgan fingerprint density at radius 3 is 2.47 bits per heavy atom. The molecule has 1 aliphatic rings. The maximum atomic E-state index is 12.2. The predicted octanol–water partition coefficient (Wildman–Crippen LogP) is 1.50. The minimum absolute atomic E-state index is 0.265. The lowest BCUT2D eigenvalue weighted by atomic mass is 10.1. The van der Waals surface area contributed by atoms with Gasteiger partial charge in [-0.2, -0.15) is 0 Å². The summed E-state index contributed by atoms with van der Waals surface area (Å²) in [6.07, 6.45) is 1.09. The van der Waals surface area contributed by atoms with Crippen molar-refractivity contribution in [1.82, 2.24) is 0 Å². The van der Waals surface area contributed by atoms with Crippen LogP contribution in [0.2, 0.25) is 0 Å². The van der Waals surface area contributed by atoms with Crippen molar-refractivity contribution in [2.24, 2.45) is 5.41 Å². The van der Waals surface area contributed by atoms with E-state index >= 15 is 0 Å². The summed E-state index contributed by atoms with van der Waals surface area (Å²) in [4.78, 5) is 25.2. The standard InChI is InChI=1S/C12H15NO4/c1-8-4-5-9(17-8)13(2)10(14)12(6-7-12)11(15)16-3/h4-5H,6-7H2,1-3H3. The molecule has 17 heavy (non-hydrogen) atoms. The summed E-state index contributed by atoms with van der Waals surface area (Å²) < 4.78 is 10.0. The zero-order valence-electron chi connectivity index (χ0n) is 10.1. The Balaban J connectivity index is 2.18. The maximum Gasteiger partial charge on any atom is 0.321 e. The molecule has 1 amide bonds. The average molecular weight is 237 g/mol. The third-order valence-corrected chi connectivity index (χ3v) is 3.10. The molecule has 92 valence electrons. The summed E-state index contributed by atoms with van der Waals surface area (Å²) in [7, 11) is 2.90. The van der Waals surface area contributed by atoms with E-state index < -0.39 is 11.4 Å². The number of anilines is 1. The van der Waals surface area contributed by atoms with E-state index in [1.54, 1.807) is 26.1 Å². The Kier molecular flexibility index (Phi) is 2.69. The van der Waals surface area contributed by atoms with Gasteiger partial charge in [0.15, 0.2) is 0 Å². The fraction of sp³-hybridized carbons (Fsp3) is 0.500. The number of nitrogens with zero attached hydrogens (tertiary/aromatic N) is 1. The first-order chi connectivity index (χ1) is 8.01. The lowest BCUT2D eigenvalue weighted by Gasteiger charge is -2.19. The smallest absolute Gasteiger partial charge is 0.321 e. The summed E-state index contributed by atoms with van der Waals surface area (Å²) in [5, 5.41) is 0. The molecular formula is C12H15NO4. The molecule has 0 unspecified atom stereocenters. The first kappa shape index (κ1) is 11.7. The second-order valence-corrected chi connectivity index (χ2v) is 4.32. The van der Waals surface area contributed by atoms with E-state index in [4.69, 9.17) is 4.42 Å². The van der Waals surface area contributed by atoms with Gasteiger partial charge in [-0.15, -0.1) is 0 Å². The Bertz CT molecular complexity index is 459. The topological polar surface area (TPSA) is 59.8 Å². The molecule has 0 bridgehead atoms. The second-order valence-electron chi connectivity index (χ2n) is 4.32. The van der Waals surface area contributed by atoms with Crippen molar-refractivity contribution in [3.63, 3.8) is 0 Å². The Morgan fingerprint density at radius 1 is 1.41 bits per heavy atom. The lowest BCUT2D eigenvalue weighted by molar-refractivity contribution is -0.151. The molecule has 0 aromatic carbocycles. The highest BCUT2D eigenvalue weighted by molar-refractivity contribution is 6.11. The van der Waals surface area contributed by atoms with Gasteiger partial charge in [-0.25, -0.2) is 0 Å². The summed E-state index contributed by atoms with van der Waals surface area (Å²) >= 11 is 0. The molecule has 1 aromatic heterocycles. The third-order valence-electron chi connectivity index (χ3n) is 3.10. The van der Waals surface area contributed by atoms with Crippen molar-refractivity contribution in [1.29, 1.82) is 0 Å². The van der Waals surface area contributed by atoms with Gasteiger partial charge in [0, 0.05) is 13.1 Å². The van der Waals surface area contributed by atoms with Crippen molar-refractivity contribution >= 4 is 17.8 Å².